The van der Waals surface area contributed by atoms with Crippen molar-refractivity contribution in [3.8, 4) is 0 Å². The Morgan fingerprint density at radius 2 is 1.83 bits per heavy atom. The van der Waals surface area contributed by atoms with Crippen LogP contribution in [-0.2, 0) is 19.1 Å². The van der Waals surface area contributed by atoms with E-state index in [9.17, 15) is 14.7 Å². The van der Waals surface area contributed by atoms with Gasteiger partial charge in [-0.2, -0.15) is 0 Å². The normalized spacial score (nSPS) is 51.4. The fourth-order valence-corrected chi connectivity index (χ4v) is 8.67. The van der Waals surface area contributed by atoms with Crippen LogP contribution in [0, 0.1) is 28.6 Å². The molecule has 5 heteroatoms. The van der Waals surface area contributed by atoms with Crippen molar-refractivity contribution in [2.24, 2.45) is 28.6 Å². The van der Waals surface area contributed by atoms with Crippen molar-refractivity contribution in [2.75, 3.05) is 6.61 Å². The number of carbonyl (C=O) groups is 2. The summed E-state index contributed by atoms with van der Waals surface area (Å²) in [6.07, 6.45) is 9.66. The minimum absolute atomic E-state index is 0.0574. The van der Waals surface area contributed by atoms with Crippen molar-refractivity contribution >= 4 is 11.8 Å². The van der Waals surface area contributed by atoms with E-state index in [1.165, 1.54) is 0 Å². The Labute approximate surface area is 180 Å². The highest BCUT2D eigenvalue weighted by Crippen LogP contribution is 2.73. The summed E-state index contributed by atoms with van der Waals surface area (Å²) in [4.78, 5) is 23.7. The number of carbonyl (C=O) groups excluding carboxylic acids is 2. The number of esters is 1. The van der Waals surface area contributed by atoms with E-state index in [1.54, 1.807) is 0 Å². The molecular weight excluding hydrogens is 380 g/mol. The van der Waals surface area contributed by atoms with Gasteiger partial charge in [-0.05, 0) is 81.0 Å². The summed E-state index contributed by atoms with van der Waals surface area (Å²) >= 11 is 0. The Balaban J connectivity index is 1.31. The Hall–Kier alpha value is -0.940. The molecule has 0 bridgehead atoms. The lowest BCUT2D eigenvalue weighted by atomic mass is 9.44. The molecule has 0 aromatic heterocycles. The first-order valence-corrected chi connectivity index (χ1v) is 12.3. The Morgan fingerprint density at radius 1 is 1.10 bits per heavy atom. The fraction of sp³-hybridized carbons (Fsp3) is 0.920. The van der Waals surface area contributed by atoms with E-state index in [0.717, 1.165) is 57.8 Å². The molecule has 5 nitrogen and oxygen atoms in total. The second-order valence-electron chi connectivity index (χ2n) is 11.4. The van der Waals surface area contributed by atoms with Gasteiger partial charge in [-0.3, -0.25) is 9.59 Å². The van der Waals surface area contributed by atoms with Crippen molar-refractivity contribution in [1.29, 1.82) is 0 Å². The van der Waals surface area contributed by atoms with Gasteiger partial charge in [-0.1, -0.05) is 20.8 Å². The van der Waals surface area contributed by atoms with Crippen LogP contribution in [-0.4, -0.2) is 40.8 Å². The highest BCUT2D eigenvalue weighted by molar-refractivity contribution is 5.88. The SMILES string of the molecule is CCC(=O)OCCCC1(O)CC[C@H]2[C@@H]3CCC45OC4C(=O)CC[C@]5(C)[C@@H]3CC[C@@]21C. The molecule has 4 aliphatic carbocycles. The maximum absolute atomic E-state index is 12.3. The molecule has 1 heterocycles. The number of aliphatic hydroxyl groups is 1. The Bertz CT molecular complexity index is 750. The molecule has 1 spiro atoms. The number of epoxide rings is 1. The van der Waals surface area contributed by atoms with Crippen LogP contribution in [0.4, 0.5) is 0 Å². The second-order valence-corrected chi connectivity index (χ2v) is 11.4. The number of hydrogen-bond donors (Lipinski definition) is 1. The van der Waals surface area contributed by atoms with Gasteiger partial charge in [0.05, 0.1) is 12.2 Å². The van der Waals surface area contributed by atoms with Crippen LogP contribution in [0.5, 0.6) is 0 Å². The van der Waals surface area contributed by atoms with Gasteiger partial charge < -0.3 is 14.6 Å². The van der Waals surface area contributed by atoms with Crippen molar-refractivity contribution in [1.82, 2.24) is 0 Å². The molecule has 5 rings (SSSR count). The number of fused-ring (bicyclic) bond motifs is 4. The molecule has 5 fully saturated rings. The van der Waals surface area contributed by atoms with Gasteiger partial charge in [0.1, 0.15) is 11.7 Å². The van der Waals surface area contributed by atoms with Crippen LogP contribution in [0.3, 0.4) is 0 Å². The van der Waals surface area contributed by atoms with Crippen LogP contribution in [0.25, 0.3) is 0 Å². The summed E-state index contributed by atoms with van der Waals surface area (Å²) in [5.74, 6) is 1.95. The maximum Gasteiger partial charge on any atom is 0.305 e. The van der Waals surface area contributed by atoms with E-state index in [0.29, 0.717) is 43.0 Å². The van der Waals surface area contributed by atoms with Crippen molar-refractivity contribution in [3.63, 3.8) is 0 Å². The maximum atomic E-state index is 12.3. The molecule has 1 saturated heterocycles. The van der Waals surface area contributed by atoms with Gasteiger partial charge in [-0.15, -0.1) is 0 Å². The third kappa shape index (κ3) is 2.60. The third-order valence-corrected chi connectivity index (χ3v) is 10.6. The van der Waals surface area contributed by atoms with E-state index < -0.39 is 5.60 Å². The molecule has 0 radical (unpaired) electrons. The van der Waals surface area contributed by atoms with E-state index in [1.807, 2.05) is 6.92 Å². The summed E-state index contributed by atoms with van der Waals surface area (Å²) in [6.45, 7) is 6.95. The molecule has 1 N–H and O–H groups in total. The first-order valence-electron chi connectivity index (χ1n) is 12.3. The second kappa shape index (κ2) is 6.78. The molecule has 5 aliphatic rings. The molecule has 4 saturated carbocycles. The van der Waals surface area contributed by atoms with Gasteiger partial charge in [0, 0.05) is 18.3 Å². The number of hydrogen-bond acceptors (Lipinski definition) is 5. The van der Waals surface area contributed by atoms with E-state index in [-0.39, 0.29) is 28.5 Å². The standard InChI is InChI=1S/C25H38O5/c1-4-20(27)29-15-5-10-24(28)13-8-17-16-6-14-25-21(30-25)19(26)9-12-23(25,3)18(16)7-11-22(17,24)2/h16-18,21,28H,4-15H2,1-3H3/t16-,17-,18+,21?,22-,23+,24?,25?/m0/s1. The van der Waals surface area contributed by atoms with Crippen molar-refractivity contribution in [3.05, 3.63) is 0 Å². The number of ketones is 1. The third-order valence-electron chi connectivity index (χ3n) is 10.6. The molecule has 8 atom stereocenters. The molecule has 30 heavy (non-hydrogen) atoms. The van der Waals surface area contributed by atoms with Crippen molar-refractivity contribution < 1.29 is 24.2 Å². The molecule has 1 aliphatic heterocycles. The van der Waals surface area contributed by atoms with Gasteiger partial charge in [0.15, 0.2) is 5.78 Å². The lowest BCUT2D eigenvalue weighted by molar-refractivity contribution is -0.158. The lowest BCUT2D eigenvalue weighted by Crippen LogP contribution is -2.59. The topological polar surface area (TPSA) is 76.1 Å². The summed E-state index contributed by atoms with van der Waals surface area (Å²) in [6, 6.07) is 0. The van der Waals surface area contributed by atoms with Gasteiger partial charge in [0.25, 0.3) is 0 Å². The lowest BCUT2D eigenvalue weighted by Gasteiger charge is -2.60. The van der Waals surface area contributed by atoms with Crippen molar-refractivity contribution in [2.45, 2.75) is 109 Å². The summed E-state index contributed by atoms with van der Waals surface area (Å²) in [5.41, 5.74) is -0.767. The van der Waals surface area contributed by atoms with Gasteiger partial charge in [-0.25, -0.2) is 0 Å². The minimum atomic E-state index is -0.654. The number of ether oxygens (including phenoxy) is 2. The number of rotatable bonds is 5. The van der Waals surface area contributed by atoms with Gasteiger partial charge in [0.2, 0.25) is 0 Å². The Morgan fingerprint density at radius 3 is 2.60 bits per heavy atom. The predicted octanol–water partition coefficient (Wildman–Crippen LogP) is 4.19. The van der Waals surface area contributed by atoms with Gasteiger partial charge >= 0.3 is 5.97 Å². The zero-order chi connectivity index (χ0) is 21.4. The summed E-state index contributed by atoms with van der Waals surface area (Å²) in [5, 5.41) is 11.7. The van der Waals surface area contributed by atoms with E-state index in [4.69, 9.17) is 9.47 Å². The zero-order valence-electron chi connectivity index (χ0n) is 18.9. The van der Waals surface area contributed by atoms with E-state index >= 15 is 0 Å². The van der Waals surface area contributed by atoms with Crippen LogP contribution >= 0.6 is 0 Å². The largest absolute Gasteiger partial charge is 0.466 e. The molecular formula is C25H38O5. The minimum Gasteiger partial charge on any atom is -0.466 e. The Kier molecular flexibility index (Phi) is 4.73. The molecule has 0 aromatic carbocycles. The summed E-state index contributed by atoms with van der Waals surface area (Å²) in [7, 11) is 0. The van der Waals surface area contributed by atoms with Crippen LogP contribution in [0.1, 0.15) is 91.4 Å². The summed E-state index contributed by atoms with van der Waals surface area (Å²) < 4.78 is 11.4. The highest BCUT2D eigenvalue weighted by Gasteiger charge is 2.77. The monoisotopic (exact) mass is 418 g/mol. The number of Topliss-reactive ketones (excluding diaryl/α,β-unsaturated/α-hetero) is 1. The average Bonchev–Trinajstić information content (AvgIpc) is 3.42. The first-order chi connectivity index (χ1) is 14.2. The van der Waals surface area contributed by atoms with Crippen LogP contribution < -0.4 is 0 Å². The van der Waals surface area contributed by atoms with E-state index in [2.05, 4.69) is 13.8 Å². The molecule has 3 unspecified atom stereocenters. The molecule has 168 valence electrons. The predicted molar refractivity (Wildman–Crippen MR) is 112 cm³/mol. The van der Waals surface area contributed by atoms with Crippen LogP contribution in [0.2, 0.25) is 0 Å². The smallest absolute Gasteiger partial charge is 0.305 e. The fourth-order valence-electron chi connectivity index (χ4n) is 8.67. The average molecular weight is 419 g/mol. The van der Waals surface area contributed by atoms with Crippen LogP contribution in [0.15, 0.2) is 0 Å². The highest BCUT2D eigenvalue weighted by atomic mass is 16.6. The molecule has 0 aromatic rings. The first kappa shape index (κ1) is 20.9. The quantitative estimate of drug-likeness (QED) is 0.411. The molecule has 0 amide bonds. The zero-order valence-corrected chi connectivity index (χ0v) is 18.9.